The highest BCUT2D eigenvalue weighted by atomic mass is 35.5. The first-order valence-corrected chi connectivity index (χ1v) is 31.3. The van der Waals surface area contributed by atoms with Crippen LogP contribution in [0.25, 0.3) is 0 Å². The minimum absolute atomic E-state index is 0.139. The van der Waals surface area contributed by atoms with E-state index in [1.807, 2.05) is 17.6 Å². The molecule has 0 aromatic carbocycles. The Morgan fingerprint density at radius 1 is 0.596 bits per heavy atom. The van der Waals surface area contributed by atoms with Gasteiger partial charge in [0.15, 0.2) is 12.1 Å². The Morgan fingerprint density at radius 3 is 1.63 bits per heavy atom. The molecule has 0 spiro atoms. The molecule has 1 rings (SSSR count). The fourth-order valence-electron chi connectivity index (χ4n) is 9.09. The van der Waals surface area contributed by atoms with Crippen molar-refractivity contribution in [1.82, 2.24) is 53.2 Å². The monoisotopic (exact) mass is 1290 g/mol. The van der Waals surface area contributed by atoms with Crippen LogP contribution in [0.3, 0.4) is 0 Å². The molecule has 21 N–H and O–H groups in total. The maximum atomic E-state index is 14.4. The molecule has 31 nitrogen and oxygen atoms in total. The van der Waals surface area contributed by atoms with Gasteiger partial charge in [0.2, 0.25) is 53.2 Å². The van der Waals surface area contributed by atoms with Crippen molar-refractivity contribution in [3.63, 3.8) is 0 Å². The van der Waals surface area contributed by atoms with Gasteiger partial charge < -0.3 is 101 Å². The Labute approximate surface area is 524 Å². The molecule has 1 aliphatic rings. The van der Waals surface area contributed by atoms with E-state index in [1.165, 1.54) is 6.92 Å². The van der Waals surface area contributed by atoms with Crippen LogP contribution in [0.2, 0.25) is 0 Å². The van der Waals surface area contributed by atoms with E-state index in [-0.39, 0.29) is 58.3 Å². The number of carboxylic acids is 1. The number of aliphatic carboxylic acids is 1. The lowest BCUT2D eigenvalue weighted by Gasteiger charge is -2.29. The number of carbonyl (C=O) groups is 12. The lowest BCUT2D eigenvalue weighted by molar-refractivity contribution is -0.155. The first kappa shape index (κ1) is 80.4. The van der Waals surface area contributed by atoms with Crippen molar-refractivity contribution in [2.24, 2.45) is 17.2 Å². The second-order valence-corrected chi connectivity index (χ2v) is 22.2. The molecule has 0 unspecified atom stereocenters. The van der Waals surface area contributed by atoms with Gasteiger partial charge in [-0.3, -0.25) is 47.9 Å². The molecule has 10 amide bonds. The second-order valence-electron chi connectivity index (χ2n) is 21.9. The number of halogens is 1. The average Bonchev–Trinajstić information content (AvgIpc) is 3.41. The number of allylic oxidation sites excluding steroid dienone is 1. The van der Waals surface area contributed by atoms with Gasteiger partial charge in [-0.2, -0.15) is 0 Å². The van der Waals surface area contributed by atoms with Crippen LogP contribution in [0.4, 0.5) is 0 Å². The Morgan fingerprint density at radius 2 is 1.10 bits per heavy atom. The van der Waals surface area contributed by atoms with Crippen LogP contribution in [0, 0.1) is 0 Å². The molecule has 1 heterocycles. The molecule has 0 aliphatic carbocycles. The maximum Gasteiger partial charge on any atom is 0.335 e. The molecule has 0 aromatic heterocycles. The summed E-state index contributed by atoms with van der Waals surface area (Å²) in [5, 5.41) is 76.1. The largest absolute Gasteiger partial charge is 0.479 e. The molecule has 0 radical (unpaired) electrons. The standard InChI is InChI=1S/C57H100ClN13O18/c1-5-8-10-12-13-14-15-16-17-21-34(73)29-43(76)63-40-32-89-57(88)45(41(74)31-58)70-55(85)46(47(77)56(86)87)71-48(78)35(7-3)64-54(84)44(33(4)72)69-51(81)38(24-27-61)66-49(79)36(22-18-19-25-59)65-52(82)39(30-42(75)62-28-20-11-9-6-2)68-50(80)37(23-26-60)67-53(40)83/h7,33-34,36-41,44-47,72-74,77H,5-6,8-32,59-61H2,1-4H3,(H,62,75)(H,63,76)(H,64,84)(H,65,82)(H,66,79)(H,67,83)(H,68,80)(H,69,81)(H,70,85)(H,71,78)(H,86,87)/b35-7-/t33-,34+,36-,37+,38-,39-,40-,41+,44-,45-,46-,47-/m0/s1. The fraction of sp³-hybridized carbons (Fsp3) is 0.754. The summed E-state index contributed by atoms with van der Waals surface area (Å²) in [5.74, 6) is -16.3. The molecular weight excluding hydrogens is 1190 g/mol. The van der Waals surface area contributed by atoms with E-state index in [2.05, 4.69) is 49.5 Å². The number of ether oxygens (including phenoxy) is 1. The topological polar surface area (TPSA) is 514 Å². The van der Waals surface area contributed by atoms with E-state index >= 15 is 0 Å². The summed E-state index contributed by atoms with van der Waals surface area (Å²) in [6.07, 6.45) is 3.49. The van der Waals surface area contributed by atoms with Gasteiger partial charge in [-0.1, -0.05) is 97.0 Å². The number of unbranched alkanes of at least 4 members (excludes halogenated alkanes) is 12. The molecular formula is C57H100ClN13O18. The number of carbonyl (C=O) groups excluding carboxylic acids is 11. The summed E-state index contributed by atoms with van der Waals surface area (Å²) in [7, 11) is 0. The van der Waals surface area contributed by atoms with Crippen molar-refractivity contribution in [3.8, 4) is 0 Å². The molecule has 89 heavy (non-hydrogen) atoms. The molecule has 0 saturated carbocycles. The minimum Gasteiger partial charge on any atom is -0.479 e. The quantitative estimate of drug-likeness (QED) is 0.0131. The van der Waals surface area contributed by atoms with Gasteiger partial charge >= 0.3 is 11.9 Å². The molecule has 1 aliphatic heterocycles. The molecule has 0 aromatic rings. The van der Waals surface area contributed by atoms with E-state index < -0.39 is 175 Å². The Bertz CT molecular complexity index is 2300. The zero-order valence-corrected chi connectivity index (χ0v) is 52.5. The zero-order valence-electron chi connectivity index (χ0n) is 51.8. The first-order valence-electron chi connectivity index (χ1n) is 30.8. The highest BCUT2D eigenvalue weighted by Crippen LogP contribution is 2.14. The predicted octanol–water partition coefficient (Wildman–Crippen LogP) is -3.55. The lowest BCUT2D eigenvalue weighted by atomic mass is 10.0. The van der Waals surface area contributed by atoms with Crippen molar-refractivity contribution >= 4 is 82.6 Å². The highest BCUT2D eigenvalue weighted by Gasteiger charge is 2.41. The van der Waals surface area contributed by atoms with E-state index in [1.54, 1.807) is 0 Å². The molecule has 32 heteroatoms. The van der Waals surface area contributed by atoms with Crippen LogP contribution in [-0.4, -0.2) is 208 Å². The number of alkyl halides is 1. The lowest BCUT2D eigenvalue weighted by Crippen LogP contribution is -2.62. The minimum atomic E-state index is -2.82. The number of hydrogen-bond donors (Lipinski definition) is 18. The van der Waals surface area contributed by atoms with Crippen LogP contribution in [0.15, 0.2) is 11.8 Å². The number of aliphatic hydroxyl groups excluding tert-OH is 4. The van der Waals surface area contributed by atoms with Gasteiger partial charge in [-0.25, -0.2) is 9.59 Å². The Hall–Kier alpha value is -6.61. The average molecular weight is 1290 g/mol. The first-order chi connectivity index (χ1) is 42.3. The number of hydrogen-bond acceptors (Lipinski definition) is 20. The third-order valence-electron chi connectivity index (χ3n) is 14.3. The number of cyclic esters (lactones) is 1. The van der Waals surface area contributed by atoms with Crippen molar-refractivity contribution < 1.29 is 87.8 Å². The zero-order chi connectivity index (χ0) is 67.0. The summed E-state index contributed by atoms with van der Waals surface area (Å²) < 4.78 is 5.35. The maximum absolute atomic E-state index is 14.4. The van der Waals surface area contributed by atoms with Crippen LogP contribution in [0.1, 0.15) is 163 Å². The van der Waals surface area contributed by atoms with E-state index in [0.29, 0.717) is 19.3 Å². The summed E-state index contributed by atoms with van der Waals surface area (Å²) in [6.45, 7) is 4.96. The third-order valence-corrected chi connectivity index (χ3v) is 14.6. The Balaban J connectivity index is 4.12. The van der Waals surface area contributed by atoms with Gasteiger partial charge in [0.25, 0.3) is 5.91 Å². The Kier molecular flexibility index (Phi) is 41.2. The van der Waals surface area contributed by atoms with Crippen molar-refractivity contribution in [1.29, 1.82) is 0 Å². The van der Waals surface area contributed by atoms with Gasteiger partial charge in [0.1, 0.15) is 54.6 Å². The van der Waals surface area contributed by atoms with E-state index in [4.69, 9.17) is 33.5 Å². The van der Waals surface area contributed by atoms with Gasteiger partial charge in [0, 0.05) is 6.54 Å². The molecule has 1 saturated heterocycles. The summed E-state index contributed by atoms with van der Waals surface area (Å²) in [4.78, 5) is 166. The van der Waals surface area contributed by atoms with E-state index in [0.717, 1.165) is 83.6 Å². The number of amides is 10. The highest BCUT2D eigenvalue weighted by molar-refractivity contribution is 6.18. The number of carboxylic acid groups (broad SMARTS) is 1. The van der Waals surface area contributed by atoms with Gasteiger partial charge in [-0.05, 0) is 78.4 Å². The summed E-state index contributed by atoms with van der Waals surface area (Å²) >= 11 is 5.90. The number of aliphatic hydroxyl groups is 4. The molecule has 1 fully saturated rings. The van der Waals surface area contributed by atoms with Crippen LogP contribution in [-0.2, 0) is 62.3 Å². The van der Waals surface area contributed by atoms with Crippen molar-refractivity contribution in [2.45, 2.75) is 235 Å². The van der Waals surface area contributed by atoms with Crippen molar-refractivity contribution in [2.75, 3.05) is 38.7 Å². The SMILES string of the molecule is C/C=C1\NC(=O)[C@H]([C@H](C)O)NC(=O)[C@H](CCN)NC(=O)[C@H](CCCCN)NC(=O)[C@H](CC(=O)NCCCCCC)NC(=O)[C@@H](CCN)NC(=O)[C@@H](NC(=O)C[C@H](O)CCCCCCCCCCC)COC(=O)[C@H]([C@H](O)CCl)NC(=O)[C@H]([C@H](O)C(=O)O)NC1=O. The summed E-state index contributed by atoms with van der Waals surface area (Å²) in [6, 6.07) is -15.4. The van der Waals surface area contributed by atoms with Gasteiger partial charge in [-0.15, -0.1) is 11.6 Å². The number of nitrogens with two attached hydrogens (primary N) is 3. The second kappa shape index (κ2) is 45.6. The van der Waals surface area contributed by atoms with Crippen LogP contribution in [0.5, 0.6) is 0 Å². The number of nitrogens with one attached hydrogen (secondary N) is 10. The van der Waals surface area contributed by atoms with Crippen LogP contribution < -0.4 is 70.4 Å². The molecule has 508 valence electrons. The molecule has 12 atom stereocenters. The van der Waals surface area contributed by atoms with Crippen LogP contribution >= 0.6 is 11.6 Å². The number of rotatable bonds is 33. The van der Waals surface area contributed by atoms with Gasteiger partial charge in [0.05, 0.1) is 37.0 Å². The predicted molar refractivity (Wildman–Crippen MR) is 325 cm³/mol. The normalized spacial score (nSPS) is 23.6. The third kappa shape index (κ3) is 31.6. The number of esters is 1. The summed E-state index contributed by atoms with van der Waals surface area (Å²) in [5.41, 5.74) is 16.7. The van der Waals surface area contributed by atoms with Crippen molar-refractivity contribution in [3.05, 3.63) is 11.8 Å². The fourth-order valence-corrected chi connectivity index (χ4v) is 9.27. The van der Waals surface area contributed by atoms with E-state index in [9.17, 15) is 83.1 Å². The molecule has 0 bridgehead atoms. The smallest absolute Gasteiger partial charge is 0.335 e.